The van der Waals surface area contributed by atoms with E-state index in [0.29, 0.717) is 5.70 Å². The molecule has 23 heavy (non-hydrogen) atoms. The van der Waals surface area contributed by atoms with Crippen LogP contribution in [0.1, 0.15) is 12.0 Å². The van der Waals surface area contributed by atoms with Crippen molar-refractivity contribution in [2.45, 2.75) is 19.1 Å². The normalized spacial score (nSPS) is 16.3. The molecule has 0 saturated carbocycles. The van der Waals surface area contributed by atoms with Crippen LogP contribution < -0.4 is 10.6 Å². The standard InChI is InChI=1S/C16H18N2O5/c1-22-16(21)9-17-12-7-14(19)18-13(12)8-15(20)23-10-11-5-3-2-4-6-11/h2-7,13,17H,8-10H2,1H3,(H,18,19)/t13-/m0/s1. The predicted octanol–water partition coefficient (Wildman–Crippen LogP) is 0.265. The van der Waals surface area contributed by atoms with E-state index >= 15 is 0 Å². The van der Waals surface area contributed by atoms with Crippen LogP contribution in [0.25, 0.3) is 0 Å². The second-order valence-electron chi connectivity index (χ2n) is 4.94. The van der Waals surface area contributed by atoms with Gasteiger partial charge < -0.3 is 20.1 Å². The first-order valence-electron chi connectivity index (χ1n) is 7.11. The van der Waals surface area contributed by atoms with E-state index in [1.54, 1.807) is 0 Å². The predicted molar refractivity (Wildman–Crippen MR) is 80.9 cm³/mol. The van der Waals surface area contributed by atoms with Crippen LogP contribution in [0.5, 0.6) is 0 Å². The van der Waals surface area contributed by atoms with Crippen LogP contribution in [0.4, 0.5) is 0 Å². The highest BCUT2D eigenvalue weighted by Crippen LogP contribution is 2.12. The van der Waals surface area contributed by atoms with Gasteiger partial charge in [0.1, 0.15) is 13.2 Å². The quantitative estimate of drug-likeness (QED) is 0.701. The van der Waals surface area contributed by atoms with Crippen molar-refractivity contribution in [1.29, 1.82) is 0 Å². The van der Waals surface area contributed by atoms with Crippen molar-refractivity contribution in [2.75, 3.05) is 13.7 Å². The van der Waals surface area contributed by atoms with Crippen LogP contribution in [0.15, 0.2) is 42.1 Å². The maximum absolute atomic E-state index is 11.9. The Hall–Kier alpha value is -2.83. The zero-order valence-corrected chi connectivity index (χ0v) is 12.7. The molecular formula is C16H18N2O5. The number of methoxy groups -OCH3 is 1. The van der Waals surface area contributed by atoms with E-state index in [4.69, 9.17) is 4.74 Å². The van der Waals surface area contributed by atoms with Crippen LogP contribution >= 0.6 is 0 Å². The third kappa shape index (κ3) is 5.14. The number of rotatable bonds is 7. The third-order valence-electron chi connectivity index (χ3n) is 3.26. The molecule has 7 nitrogen and oxygen atoms in total. The van der Waals surface area contributed by atoms with Crippen molar-refractivity contribution in [3.05, 3.63) is 47.7 Å². The van der Waals surface area contributed by atoms with E-state index < -0.39 is 18.0 Å². The van der Waals surface area contributed by atoms with Gasteiger partial charge in [-0.15, -0.1) is 0 Å². The van der Waals surface area contributed by atoms with E-state index in [1.807, 2.05) is 30.3 Å². The summed E-state index contributed by atoms with van der Waals surface area (Å²) in [4.78, 5) is 34.5. The molecule has 1 heterocycles. The number of carbonyl (C=O) groups excluding carboxylic acids is 3. The van der Waals surface area contributed by atoms with Crippen molar-refractivity contribution < 1.29 is 23.9 Å². The first kappa shape index (κ1) is 16.5. The summed E-state index contributed by atoms with van der Waals surface area (Å²) >= 11 is 0. The Bertz CT molecular complexity index is 612. The van der Waals surface area contributed by atoms with Crippen LogP contribution in [-0.2, 0) is 30.5 Å². The van der Waals surface area contributed by atoms with Gasteiger partial charge in [-0.2, -0.15) is 0 Å². The number of hydrogen-bond donors (Lipinski definition) is 2. The van der Waals surface area contributed by atoms with Gasteiger partial charge in [-0.05, 0) is 5.56 Å². The van der Waals surface area contributed by atoms with Gasteiger partial charge in [0.05, 0.1) is 19.6 Å². The molecule has 0 fully saturated rings. The molecule has 1 amide bonds. The third-order valence-corrected chi connectivity index (χ3v) is 3.26. The van der Waals surface area contributed by atoms with E-state index in [9.17, 15) is 14.4 Å². The minimum Gasteiger partial charge on any atom is -0.468 e. The van der Waals surface area contributed by atoms with Crippen LogP contribution in [0, 0.1) is 0 Å². The minimum atomic E-state index is -0.532. The number of hydrogen-bond acceptors (Lipinski definition) is 6. The summed E-state index contributed by atoms with van der Waals surface area (Å²) < 4.78 is 9.70. The maximum Gasteiger partial charge on any atom is 0.325 e. The Kier molecular flexibility index (Phi) is 5.74. The monoisotopic (exact) mass is 318 g/mol. The molecule has 7 heteroatoms. The van der Waals surface area contributed by atoms with Crippen LogP contribution in [-0.4, -0.2) is 37.5 Å². The fourth-order valence-corrected chi connectivity index (χ4v) is 2.08. The topological polar surface area (TPSA) is 93.7 Å². The van der Waals surface area contributed by atoms with E-state index in [-0.39, 0.29) is 25.5 Å². The summed E-state index contributed by atoms with van der Waals surface area (Å²) in [5.41, 5.74) is 1.35. The molecule has 0 aliphatic carbocycles. The maximum atomic E-state index is 11.9. The SMILES string of the molecule is COC(=O)CNC1=CC(=O)N[C@H]1CC(=O)OCc1ccccc1. The lowest BCUT2D eigenvalue weighted by Crippen LogP contribution is -2.36. The van der Waals surface area contributed by atoms with Gasteiger partial charge in [-0.3, -0.25) is 14.4 Å². The highest BCUT2D eigenvalue weighted by molar-refractivity contribution is 5.92. The average Bonchev–Trinajstić information content (AvgIpc) is 2.91. The summed E-state index contributed by atoms with van der Waals surface area (Å²) in [5.74, 6) is -1.22. The Balaban J connectivity index is 1.83. The fraction of sp³-hybridized carbons (Fsp3) is 0.312. The molecule has 1 aromatic carbocycles. The van der Waals surface area contributed by atoms with Crippen molar-refractivity contribution in [2.24, 2.45) is 0 Å². The molecule has 0 radical (unpaired) electrons. The lowest BCUT2D eigenvalue weighted by molar-refractivity contribution is -0.145. The number of ether oxygens (including phenoxy) is 2. The largest absolute Gasteiger partial charge is 0.468 e. The van der Waals surface area contributed by atoms with E-state index in [2.05, 4.69) is 15.4 Å². The first-order valence-corrected chi connectivity index (χ1v) is 7.11. The Morgan fingerprint density at radius 3 is 2.65 bits per heavy atom. The van der Waals surface area contributed by atoms with Gasteiger partial charge in [0, 0.05) is 11.8 Å². The summed E-state index contributed by atoms with van der Waals surface area (Å²) in [6.45, 7) is 0.0990. The van der Waals surface area contributed by atoms with Crippen molar-refractivity contribution in [3.63, 3.8) is 0 Å². The van der Waals surface area contributed by atoms with Crippen LogP contribution in [0.2, 0.25) is 0 Å². The van der Waals surface area contributed by atoms with Gasteiger partial charge in [0.15, 0.2) is 0 Å². The summed E-state index contributed by atoms with van der Waals surface area (Å²) in [6.07, 6.45) is 1.30. The highest BCUT2D eigenvalue weighted by atomic mass is 16.5. The Labute approximate surface area is 133 Å². The summed E-state index contributed by atoms with van der Waals surface area (Å²) in [5, 5.41) is 5.42. The summed E-state index contributed by atoms with van der Waals surface area (Å²) in [7, 11) is 1.27. The highest BCUT2D eigenvalue weighted by Gasteiger charge is 2.27. The Morgan fingerprint density at radius 1 is 1.22 bits per heavy atom. The molecule has 0 unspecified atom stereocenters. The minimum absolute atomic E-state index is 0.0153. The van der Waals surface area contributed by atoms with Gasteiger partial charge in [0.2, 0.25) is 5.91 Å². The van der Waals surface area contributed by atoms with Gasteiger partial charge in [-0.1, -0.05) is 30.3 Å². The smallest absolute Gasteiger partial charge is 0.325 e. The number of benzene rings is 1. The molecule has 1 atom stereocenters. The van der Waals surface area contributed by atoms with E-state index in [1.165, 1.54) is 13.2 Å². The van der Waals surface area contributed by atoms with E-state index in [0.717, 1.165) is 5.56 Å². The van der Waals surface area contributed by atoms with Crippen molar-refractivity contribution >= 4 is 17.8 Å². The average molecular weight is 318 g/mol. The Morgan fingerprint density at radius 2 is 1.96 bits per heavy atom. The molecule has 2 rings (SSSR count). The lowest BCUT2D eigenvalue weighted by atomic mass is 10.1. The molecule has 0 aromatic heterocycles. The first-order chi connectivity index (χ1) is 11.1. The van der Waals surface area contributed by atoms with Crippen molar-refractivity contribution in [1.82, 2.24) is 10.6 Å². The molecule has 1 aromatic rings. The molecule has 0 saturated heterocycles. The zero-order valence-electron chi connectivity index (χ0n) is 12.7. The second-order valence-corrected chi connectivity index (χ2v) is 4.94. The molecule has 1 aliphatic rings. The molecule has 1 aliphatic heterocycles. The number of nitrogens with one attached hydrogen (secondary N) is 2. The zero-order chi connectivity index (χ0) is 16.7. The number of amides is 1. The van der Waals surface area contributed by atoms with Gasteiger partial charge in [0.25, 0.3) is 0 Å². The van der Waals surface area contributed by atoms with Gasteiger partial charge in [-0.25, -0.2) is 0 Å². The molecule has 2 N–H and O–H groups in total. The number of carbonyl (C=O) groups is 3. The fourth-order valence-electron chi connectivity index (χ4n) is 2.08. The summed E-state index contributed by atoms with van der Waals surface area (Å²) in [6, 6.07) is 8.77. The molecule has 0 spiro atoms. The van der Waals surface area contributed by atoms with Crippen LogP contribution in [0.3, 0.4) is 0 Å². The lowest BCUT2D eigenvalue weighted by Gasteiger charge is -2.16. The number of esters is 2. The van der Waals surface area contributed by atoms with Crippen molar-refractivity contribution in [3.8, 4) is 0 Å². The van der Waals surface area contributed by atoms with Gasteiger partial charge >= 0.3 is 11.9 Å². The molecule has 122 valence electrons. The molecule has 0 bridgehead atoms. The molecular weight excluding hydrogens is 300 g/mol. The second kappa shape index (κ2) is 7.98.